The van der Waals surface area contributed by atoms with Crippen LogP contribution in [0.5, 0.6) is 0 Å². The highest BCUT2D eigenvalue weighted by molar-refractivity contribution is 5.33. The summed E-state index contributed by atoms with van der Waals surface area (Å²) in [5.74, 6) is 1.06. The molecule has 16 heavy (non-hydrogen) atoms. The molecule has 0 aliphatic carbocycles. The van der Waals surface area contributed by atoms with Crippen LogP contribution in [0, 0.1) is 5.92 Å². The summed E-state index contributed by atoms with van der Waals surface area (Å²) in [4.78, 5) is 0. The normalized spacial score (nSPS) is 12.9. The van der Waals surface area contributed by atoms with Crippen molar-refractivity contribution in [2.75, 3.05) is 5.73 Å². The van der Waals surface area contributed by atoms with Crippen molar-refractivity contribution in [2.45, 2.75) is 19.8 Å². The molecule has 1 aromatic heterocycles. The summed E-state index contributed by atoms with van der Waals surface area (Å²) >= 11 is 0. The van der Waals surface area contributed by atoms with E-state index >= 15 is 0 Å². The molecule has 1 atom stereocenters. The van der Waals surface area contributed by atoms with Crippen LogP contribution in [-0.2, 0) is 0 Å². The predicted octanol–water partition coefficient (Wildman–Crippen LogP) is 3.04. The highest BCUT2D eigenvalue weighted by atomic mass is 16.5. The van der Waals surface area contributed by atoms with E-state index in [1.807, 2.05) is 18.2 Å². The van der Waals surface area contributed by atoms with Crippen molar-refractivity contribution in [3.05, 3.63) is 47.7 Å². The van der Waals surface area contributed by atoms with Gasteiger partial charge in [0.25, 0.3) is 0 Å². The minimum atomic E-state index is 0.238. The van der Waals surface area contributed by atoms with Gasteiger partial charge in [-0.15, -0.1) is 0 Å². The number of hydrogen-bond acceptors (Lipinski definition) is 3. The lowest BCUT2D eigenvalue weighted by molar-refractivity contribution is 0.412. The molecule has 0 aliphatic rings. The van der Waals surface area contributed by atoms with E-state index in [1.165, 1.54) is 5.56 Å². The summed E-state index contributed by atoms with van der Waals surface area (Å²) in [5, 5.41) is 4.01. The first-order valence-corrected chi connectivity index (χ1v) is 5.45. The van der Waals surface area contributed by atoms with Crippen LogP contribution in [0.15, 0.2) is 40.9 Å². The van der Waals surface area contributed by atoms with E-state index in [0.717, 1.165) is 5.69 Å². The number of rotatable bonds is 3. The van der Waals surface area contributed by atoms with Gasteiger partial charge >= 0.3 is 0 Å². The van der Waals surface area contributed by atoms with Crippen molar-refractivity contribution in [3.8, 4) is 0 Å². The highest BCUT2D eigenvalue weighted by Gasteiger charge is 2.21. The predicted molar refractivity (Wildman–Crippen MR) is 64.0 cm³/mol. The lowest BCUT2D eigenvalue weighted by atomic mass is 9.86. The van der Waals surface area contributed by atoms with Crippen LogP contribution in [0.25, 0.3) is 0 Å². The Morgan fingerprint density at radius 1 is 1.19 bits per heavy atom. The van der Waals surface area contributed by atoms with Gasteiger partial charge in [0.2, 0.25) is 5.88 Å². The molecule has 2 rings (SSSR count). The molecule has 0 saturated heterocycles. The molecule has 84 valence electrons. The zero-order valence-corrected chi connectivity index (χ0v) is 9.55. The Bertz CT molecular complexity index is 448. The zero-order chi connectivity index (χ0) is 11.5. The molecule has 0 spiro atoms. The summed E-state index contributed by atoms with van der Waals surface area (Å²) in [7, 11) is 0. The Morgan fingerprint density at radius 3 is 2.38 bits per heavy atom. The van der Waals surface area contributed by atoms with E-state index in [1.54, 1.807) is 6.07 Å². The summed E-state index contributed by atoms with van der Waals surface area (Å²) in [6.07, 6.45) is 0. The first-order valence-electron chi connectivity index (χ1n) is 5.45. The first-order chi connectivity index (χ1) is 7.68. The molecule has 1 aromatic carbocycles. The highest BCUT2D eigenvalue weighted by Crippen LogP contribution is 2.31. The molecule has 2 N–H and O–H groups in total. The van der Waals surface area contributed by atoms with Crippen molar-refractivity contribution in [1.82, 2.24) is 5.16 Å². The van der Waals surface area contributed by atoms with Crippen molar-refractivity contribution >= 4 is 5.88 Å². The second-order valence-electron chi connectivity index (χ2n) is 4.29. The van der Waals surface area contributed by atoms with Crippen molar-refractivity contribution < 1.29 is 4.52 Å². The van der Waals surface area contributed by atoms with E-state index in [2.05, 4.69) is 31.1 Å². The van der Waals surface area contributed by atoms with E-state index in [9.17, 15) is 0 Å². The molecule has 2 aromatic rings. The van der Waals surface area contributed by atoms with Crippen LogP contribution in [0.1, 0.15) is 31.0 Å². The topological polar surface area (TPSA) is 52.0 Å². The van der Waals surface area contributed by atoms with Crippen LogP contribution in [0.2, 0.25) is 0 Å². The molecule has 3 nitrogen and oxygen atoms in total. The molecule has 0 radical (unpaired) electrons. The smallest absolute Gasteiger partial charge is 0.222 e. The Labute approximate surface area is 95.3 Å². The van der Waals surface area contributed by atoms with Gasteiger partial charge in [0.05, 0.1) is 5.69 Å². The average Bonchev–Trinajstić information content (AvgIpc) is 2.66. The zero-order valence-electron chi connectivity index (χ0n) is 9.55. The quantitative estimate of drug-likeness (QED) is 0.857. The molecule has 1 heterocycles. The second kappa shape index (κ2) is 4.39. The molecule has 3 heteroatoms. The van der Waals surface area contributed by atoms with E-state index in [-0.39, 0.29) is 5.92 Å². The van der Waals surface area contributed by atoms with E-state index in [0.29, 0.717) is 11.8 Å². The van der Waals surface area contributed by atoms with Crippen LogP contribution < -0.4 is 5.73 Å². The van der Waals surface area contributed by atoms with Gasteiger partial charge in [-0.25, -0.2) is 0 Å². The summed E-state index contributed by atoms with van der Waals surface area (Å²) < 4.78 is 4.94. The van der Waals surface area contributed by atoms with Crippen LogP contribution in [0.3, 0.4) is 0 Å². The largest absolute Gasteiger partial charge is 0.368 e. The lowest BCUT2D eigenvalue weighted by Gasteiger charge is -2.18. The van der Waals surface area contributed by atoms with E-state index < -0.39 is 0 Å². The molecule has 0 fully saturated rings. The third-order valence-corrected chi connectivity index (χ3v) is 2.69. The third kappa shape index (κ3) is 2.08. The van der Waals surface area contributed by atoms with Crippen molar-refractivity contribution in [1.29, 1.82) is 0 Å². The molecular formula is C13H16N2O. The number of aromatic nitrogens is 1. The number of anilines is 1. The maximum Gasteiger partial charge on any atom is 0.222 e. The van der Waals surface area contributed by atoms with Gasteiger partial charge in [-0.05, 0) is 11.5 Å². The number of nitrogen functional groups attached to an aromatic ring is 1. The van der Waals surface area contributed by atoms with Gasteiger partial charge in [0, 0.05) is 12.0 Å². The van der Waals surface area contributed by atoms with Gasteiger partial charge in [-0.2, -0.15) is 0 Å². The van der Waals surface area contributed by atoms with Gasteiger partial charge in [0.1, 0.15) is 0 Å². The number of nitrogens with two attached hydrogens (primary N) is 1. The van der Waals surface area contributed by atoms with Crippen LogP contribution in [0.4, 0.5) is 5.88 Å². The fraction of sp³-hybridized carbons (Fsp3) is 0.308. The number of nitrogens with zero attached hydrogens (tertiary/aromatic N) is 1. The standard InChI is InChI=1S/C13H16N2O/c1-9(2)13(10-6-4-3-5-7-10)11-8-12(14)16-15-11/h3-9,13H,14H2,1-2H3. The Hall–Kier alpha value is -1.77. The molecule has 0 bridgehead atoms. The minimum absolute atomic E-state index is 0.238. The Kier molecular flexibility index (Phi) is 2.95. The second-order valence-corrected chi connectivity index (χ2v) is 4.29. The molecule has 0 amide bonds. The lowest BCUT2D eigenvalue weighted by Crippen LogP contribution is -2.08. The fourth-order valence-corrected chi connectivity index (χ4v) is 2.01. The molecule has 0 saturated carbocycles. The Balaban J connectivity index is 2.39. The Morgan fingerprint density at radius 2 is 1.88 bits per heavy atom. The van der Waals surface area contributed by atoms with Crippen LogP contribution in [-0.4, -0.2) is 5.16 Å². The van der Waals surface area contributed by atoms with Crippen LogP contribution >= 0.6 is 0 Å². The minimum Gasteiger partial charge on any atom is -0.368 e. The molecular weight excluding hydrogens is 200 g/mol. The van der Waals surface area contributed by atoms with Gasteiger partial charge in [-0.1, -0.05) is 49.3 Å². The maximum atomic E-state index is 5.57. The van der Waals surface area contributed by atoms with Crippen molar-refractivity contribution in [2.24, 2.45) is 5.92 Å². The first kappa shape index (κ1) is 10.7. The third-order valence-electron chi connectivity index (χ3n) is 2.69. The summed E-state index contributed by atoms with van der Waals surface area (Å²) in [6, 6.07) is 12.1. The van der Waals surface area contributed by atoms with Crippen molar-refractivity contribution in [3.63, 3.8) is 0 Å². The maximum absolute atomic E-state index is 5.57. The summed E-state index contributed by atoms with van der Waals surface area (Å²) in [6.45, 7) is 4.34. The number of hydrogen-bond donors (Lipinski definition) is 1. The van der Waals surface area contributed by atoms with Gasteiger partial charge in [-0.3, -0.25) is 0 Å². The molecule has 0 aliphatic heterocycles. The monoisotopic (exact) mass is 216 g/mol. The summed E-state index contributed by atoms with van der Waals surface area (Å²) in [5.41, 5.74) is 7.71. The fourth-order valence-electron chi connectivity index (χ4n) is 2.01. The van der Waals surface area contributed by atoms with Gasteiger partial charge < -0.3 is 10.3 Å². The molecule has 1 unspecified atom stereocenters. The van der Waals surface area contributed by atoms with E-state index in [4.69, 9.17) is 10.3 Å². The average molecular weight is 216 g/mol. The van der Waals surface area contributed by atoms with Gasteiger partial charge in [0.15, 0.2) is 0 Å². The SMILES string of the molecule is CC(C)C(c1ccccc1)c1cc(N)on1. The number of benzene rings is 1.